The van der Waals surface area contributed by atoms with Crippen LogP contribution in [0.3, 0.4) is 0 Å². The molecule has 6 nitrogen and oxygen atoms in total. The normalized spacial score (nSPS) is 12.1. The lowest BCUT2D eigenvalue weighted by Gasteiger charge is -2.18. The lowest BCUT2D eigenvalue weighted by molar-refractivity contribution is -0.120. The van der Waals surface area contributed by atoms with Gasteiger partial charge in [0.2, 0.25) is 5.91 Å². The molecular formula is C20H22BNO5. The van der Waals surface area contributed by atoms with Gasteiger partial charge in [-0.05, 0) is 29.2 Å². The molecule has 0 fully saturated rings. The van der Waals surface area contributed by atoms with Crippen molar-refractivity contribution >= 4 is 24.0 Å². The first-order chi connectivity index (χ1) is 13.1. The van der Waals surface area contributed by atoms with E-state index in [1.54, 1.807) is 13.4 Å². The largest absolute Gasteiger partial charge is 0.475 e. The number of ether oxygens (including phenoxy) is 1. The molecule has 2 aromatic carbocycles. The second kappa shape index (κ2) is 8.86. The molecule has 0 aliphatic heterocycles. The molecule has 27 heavy (non-hydrogen) atoms. The standard InChI is InChI=1S/C20H22BNO5/c1-26-12-15-7-3-2-6-14(15)11-20(23)22-19(21(24)25)10-16-13-27-18-9-5-4-8-17(16)18/h2-9,13,19,24-25H,10-12H2,1H3,(H,22,23)/t19-/m0/s1. The van der Waals surface area contributed by atoms with E-state index < -0.39 is 13.1 Å². The molecule has 1 amide bonds. The Balaban J connectivity index is 1.70. The predicted octanol–water partition coefficient (Wildman–Crippen LogP) is 1.86. The van der Waals surface area contributed by atoms with E-state index in [1.807, 2.05) is 48.5 Å². The van der Waals surface area contributed by atoms with Gasteiger partial charge in [-0.3, -0.25) is 4.79 Å². The zero-order valence-electron chi connectivity index (χ0n) is 15.1. The van der Waals surface area contributed by atoms with Gasteiger partial charge in [0.25, 0.3) is 0 Å². The first-order valence-electron chi connectivity index (χ1n) is 8.75. The topological polar surface area (TPSA) is 91.9 Å². The molecule has 3 N–H and O–H groups in total. The monoisotopic (exact) mass is 367 g/mol. The second-order valence-electron chi connectivity index (χ2n) is 6.43. The lowest BCUT2D eigenvalue weighted by Crippen LogP contribution is -2.48. The first-order valence-corrected chi connectivity index (χ1v) is 8.75. The van der Waals surface area contributed by atoms with Gasteiger partial charge in [0.15, 0.2) is 0 Å². The molecule has 1 aromatic heterocycles. The Labute approximate surface area is 157 Å². The van der Waals surface area contributed by atoms with Crippen LogP contribution in [0.2, 0.25) is 0 Å². The van der Waals surface area contributed by atoms with Gasteiger partial charge in [-0.15, -0.1) is 0 Å². The molecule has 0 spiro atoms. The minimum atomic E-state index is -1.68. The van der Waals surface area contributed by atoms with Gasteiger partial charge in [-0.2, -0.15) is 0 Å². The summed E-state index contributed by atoms with van der Waals surface area (Å²) in [7, 11) is -0.0821. The fourth-order valence-electron chi connectivity index (χ4n) is 3.12. The zero-order valence-corrected chi connectivity index (χ0v) is 15.1. The van der Waals surface area contributed by atoms with Gasteiger partial charge in [-0.1, -0.05) is 42.5 Å². The summed E-state index contributed by atoms with van der Waals surface area (Å²) in [4.78, 5) is 12.5. The van der Waals surface area contributed by atoms with Gasteiger partial charge in [0.1, 0.15) is 5.58 Å². The number of nitrogens with one attached hydrogen (secondary N) is 1. The van der Waals surface area contributed by atoms with E-state index in [0.717, 1.165) is 27.7 Å². The fourth-order valence-corrected chi connectivity index (χ4v) is 3.12. The molecular weight excluding hydrogens is 345 g/mol. The average Bonchev–Trinajstić information content (AvgIpc) is 3.06. The molecule has 3 aromatic rings. The van der Waals surface area contributed by atoms with Crippen LogP contribution in [0, 0.1) is 0 Å². The second-order valence-corrected chi connectivity index (χ2v) is 6.43. The Morgan fingerprint density at radius 1 is 1.11 bits per heavy atom. The molecule has 1 heterocycles. The van der Waals surface area contributed by atoms with Crippen molar-refractivity contribution in [3.8, 4) is 0 Å². The molecule has 0 aliphatic rings. The van der Waals surface area contributed by atoms with Gasteiger partial charge < -0.3 is 24.5 Å². The third-order valence-electron chi connectivity index (χ3n) is 4.48. The summed E-state index contributed by atoms with van der Waals surface area (Å²) in [6.45, 7) is 0.413. The van der Waals surface area contributed by atoms with E-state index in [2.05, 4.69) is 5.32 Å². The van der Waals surface area contributed by atoms with Crippen molar-refractivity contribution in [2.75, 3.05) is 7.11 Å². The summed E-state index contributed by atoms with van der Waals surface area (Å²) in [5, 5.41) is 23.1. The van der Waals surface area contributed by atoms with Gasteiger partial charge >= 0.3 is 7.12 Å². The maximum Gasteiger partial charge on any atom is 0.475 e. The number of para-hydroxylation sites is 1. The maximum absolute atomic E-state index is 12.5. The molecule has 0 radical (unpaired) electrons. The van der Waals surface area contributed by atoms with Crippen LogP contribution < -0.4 is 5.32 Å². The molecule has 3 rings (SSSR count). The number of rotatable bonds is 8. The number of amides is 1. The molecule has 1 atom stereocenters. The summed E-state index contributed by atoms with van der Waals surface area (Å²) < 4.78 is 10.6. The molecule has 0 unspecified atom stereocenters. The van der Waals surface area contributed by atoms with E-state index >= 15 is 0 Å². The smallest absolute Gasteiger partial charge is 0.464 e. The van der Waals surface area contributed by atoms with Crippen LogP contribution >= 0.6 is 0 Å². The maximum atomic E-state index is 12.5. The van der Waals surface area contributed by atoms with Crippen molar-refractivity contribution in [2.24, 2.45) is 0 Å². The van der Waals surface area contributed by atoms with Crippen LogP contribution in [0.5, 0.6) is 0 Å². The quantitative estimate of drug-likeness (QED) is 0.529. The Morgan fingerprint density at radius 3 is 2.56 bits per heavy atom. The Morgan fingerprint density at radius 2 is 1.81 bits per heavy atom. The van der Waals surface area contributed by atoms with Gasteiger partial charge in [-0.25, -0.2) is 0 Å². The van der Waals surface area contributed by atoms with Crippen molar-refractivity contribution in [1.82, 2.24) is 5.32 Å². The van der Waals surface area contributed by atoms with Crippen LogP contribution in [-0.2, 0) is 29.0 Å². The van der Waals surface area contributed by atoms with Gasteiger partial charge in [0.05, 0.1) is 25.2 Å². The highest BCUT2D eigenvalue weighted by atomic mass is 16.5. The highest BCUT2D eigenvalue weighted by molar-refractivity contribution is 6.43. The molecule has 140 valence electrons. The molecule has 0 saturated carbocycles. The third kappa shape index (κ3) is 4.77. The predicted molar refractivity (Wildman–Crippen MR) is 103 cm³/mol. The third-order valence-corrected chi connectivity index (χ3v) is 4.48. The minimum Gasteiger partial charge on any atom is -0.464 e. The number of hydrogen-bond donors (Lipinski definition) is 3. The summed E-state index contributed by atoms with van der Waals surface area (Å²) in [5.74, 6) is -1.13. The number of methoxy groups -OCH3 is 1. The molecule has 7 heteroatoms. The molecule has 0 bridgehead atoms. The van der Waals surface area contributed by atoms with Crippen LogP contribution in [0.25, 0.3) is 11.0 Å². The Hall–Kier alpha value is -2.61. The van der Waals surface area contributed by atoms with Crippen molar-refractivity contribution < 1.29 is 24.0 Å². The SMILES string of the molecule is COCc1ccccc1CC(=O)N[C@@H](Cc1coc2ccccc12)B(O)O. The van der Waals surface area contributed by atoms with Crippen LogP contribution in [0.4, 0.5) is 0 Å². The van der Waals surface area contributed by atoms with Gasteiger partial charge in [0, 0.05) is 12.5 Å². The van der Waals surface area contributed by atoms with E-state index in [0.29, 0.717) is 6.61 Å². The Kier molecular flexibility index (Phi) is 6.29. The summed E-state index contributed by atoms with van der Waals surface area (Å²) in [6, 6.07) is 15.0. The molecule has 0 saturated heterocycles. The van der Waals surface area contributed by atoms with Crippen LogP contribution in [-0.4, -0.2) is 36.1 Å². The summed E-state index contributed by atoms with van der Waals surface area (Å²) in [5.41, 5.74) is 3.30. The average molecular weight is 367 g/mol. The fraction of sp³-hybridized carbons (Fsp3) is 0.250. The number of benzene rings is 2. The highest BCUT2D eigenvalue weighted by Crippen LogP contribution is 2.22. The lowest BCUT2D eigenvalue weighted by atomic mass is 9.75. The van der Waals surface area contributed by atoms with Crippen molar-refractivity contribution in [3.05, 3.63) is 71.5 Å². The number of carbonyl (C=O) groups is 1. The van der Waals surface area contributed by atoms with E-state index in [1.165, 1.54) is 0 Å². The minimum absolute atomic E-state index is 0.134. The number of fused-ring (bicyclic) bond motifs is 1. The molecule has 0 aliphatic carbocycles. The first kappa shape index (κ1) is 19.2. The van der Waals surface area contributed by atoms with Crippen molar-refractivity contribution in [1.29, 1.82) is 0 Å². The van der Waals surface area contributed by atoms with Crippen LogP contribution in [0.15, 0.2) is 59.2 Å². The highest BCUT2D eigenvalue weighted by Gasteiger charge is 2.27. The number of hydrogen-bond acceptors (Lipinski definition) is 5. The zero-order chi connectivity index (χ0) is 19.2. The van der Waals surface area contributed by atoms with Crippen molar-refractivity contribution in [3.63, 3.8) is 0 Å². The number of carbonyl (C=O) groups excluding carboxylic acids is 1. The number of furan rings is 1. The summed E-state index contributed by atoms with van der Waals surface area (Å²) >= 11 is 0. The van der Waals surface area contributed by atoms with E-state index in [4.69, 9.17) is 9.15 Å². The van der Waals surface area contributed by atoms with E-state index in [9.17, 15) is 14.8 Å². The Bertz CT molecular complexity index is 908. The van der Waals surface area contributed by atoms with E-state index in [-0.39, 0.29) is 18.7 Å². The van der Waals surface area contributed by atoms with Crippen LogP contribution in [0.1, 0.15) is 16.7 Å². The van der Waals surface area contributed by atoms with Crippen molar-refractivity contribution in [2.45, 2.75) is 25.4 Å². The summed E-state index contributed by atoms with van der Waals surface area (Å²) in [6.07, 6.45) is 1.97.